The van der Waals surface area contributed by atoms with Crippen LogP contribution < -0.4 is 5.32 Å². The molecule has 0 aromatic heterocycles. The van der Waals surface area contributed by atoms with Crippen molar-refractivity contribution >= 4 is 5.97 Å². The number of carbonyl (C=O) groups excluding carboxylic acids is 1. The summed E-state index contributed by atoms with van der Waals surface area (Å²) in [5, 5.41) is 2.92. The van der Waals surface area contributed by atoms with Crippen LogP contribution in [0.4, 0.5) is 4.39 Å². The van der Waals surface area contributed by atoms with Crippen LogP contribution in [-0.4, -0.2) is 31.3 Å². The van der Waals surface area contributed by atoms with Gasteiger partial charge in [-0.1, -0.05) is 0 Å². The van der Waals surface area contributed by atoms with Gasteiger partial charge in [0.1, 0.15) is 6.17 Å². The molecule has 70 valence electrons. The molecule has 0 aromatic rings. The van der Waals surface area contributed by atoms with Crippen LogP contribution in [-0.2, 0) is 9.53 Å². The molecule has 1 aliphatic rings. The van der Waals surface area contributed by atoms with Gasteiger partial charge in [0.05, 0.1) is 13.0 Å². The van der Waals surface area contributed by atoms with E-state index < -0.39 is 6.17 Å². The third kappa shape index (κ3) is 2.77. The molecule has 0 unspecified atom stereocenters. The van der Waals surface area contributed by atoms with Crippen molar-refractivity contribution in [3.05, 3.63) is 0 Å². The maximum atomic E-state index is 12.6. The summed E-state index contributed by atoms with van der Waals surface area (Å²) in [5.74, 6) is -0.246. The molecule has 3 nitrogen and oxygen atoms in total. The van der Waals surface area contributed by atoms with E-state index in [0.717, 1.165) is 0 Å². The van der Waals surface area contributed by atoms with Gasteiger partial charge in [-0.2, -0.15) is 0 Å². The van der Waals surface area contributed by atoms with E-state index in [9.17, 15) is 9.18 Å². The highest BCUT2D eigenvalue weighted by Gasteiger charge is 2.25. The first-order valence-corrected chi connectivity index (χ1v) is 4.25. The van der Waals surface area contributed by atoms with Gasteiger partial charge >= 0.3 is 5.97 Å². The van der Waals surface area contributed by atoms with Crippen LogP contribution in [0.25, 0.3) is 0 Å². The third-order valence-corrected chi connectivity index (χ3v) is 1.89. The Kier molecular flexibility index (Phi) is 3.47. The average molecular weight is 175 g/mol. The zero-order valence-electron chi connectivity index (χ0n) is 7.18. The number of nitrogens with one attached hydrogen (secondary N) is 1. The van der Waals surface area contributed by atoms with Crippen LogP contribution in [0.2, 0.25) is 0 Å². The summed E-state index contributed by atoms with van der Waals surface area (Å²) in [6.45, 7) is 2.52. The Bertz CT molecular complexity index is 163. The SMILES string of the molecule is CCOC(=O)C[C@H]1C[C@H](F)CN1. The predicted octanol–water partition coefficient (Wildman–Crippen LogP) is 0.640. The van der Waals surface area contributed by atoms with Gasteiger partial charge in [-0.3, -0.25) is 4.79 Å². The summed E-state index contributed by atoms with van der Waals surface area (Å²) in [6.07, 6.45) is -0.0861. The largest absolute Gasteiger partial charge is 0.466 e. The lowest BCUT2D eigenvalue weighted by Gasteiger charge is -2.07. The zero-order chi connectivity index (χ0) is 8.97. The highest BCUT2D eigenvalue weighted by atomic mass is 19.1. The normalized spacial score (nSPS) is 28.8. The maximum Gasteiger partial charge on any atom is 0.307 e. The van der Waals surface area contributed by atoms with Gasteiger partial charge in [0.2, 0.25) is 0 Å². The Balaban J connectivity index is 2.18. The lowest BCUT2D eigenvalue weighted by molar-refractivity contribution is -0.143. The Morgan fingerprint density at radius 1 is 1.75 bits per heavy atom. The Hall–Kier alpha value is -0.640. The topological polar surface area (TPSA) is 38.3 Å². The van der Waals surface area contributed by atoms with Crippen molar-refractivity contribution in [2.75, 3.05) is 13.2 Å². The van der Waals surface area contributed by atoms with E-state index in [1.165, 1.54) is 0 Å². The Morgan fingerprint density at radius 2 is 2.50 bits per heavy atom. The minimum absolute atomic E-state index is 0.0287. The molecule has 0 spiro atoms. The van der Waals surface area contributed by atoms with Gasteiger partial charge < -0.3 is 10.1 Å². The lowest BCUT2D eigenvalue weighted by atomic mass is 10.1. The van der Waals surface area contributed by atoms with Gasteiger partial charge in [-0.05, 0) is 13.3 Å². The molecular weight excluding hydrogens is 161 g/mol. The van der Waals surface area contributed by atoms with Crippen molar-refractivity contribution in [1.82, 2.24) is 5.32 Å². The van der Waals surface area contributed by atoms with Crippen LogP contribution in [0, 0.1) is 0 Å². The minimum atomic E-state index is -0.801. The first kappa shape index (κ1) is 9.45. The van der Waals surface area contributed by atoms with Gasteiger partial charge in [0.15, 0.2) is 0 Å². The number of hydrogen-bond acceptors (Lipinski definition) is 3. The Labute approximate surface area is 71.3 Å². The number of rotatable bonds is 3. The molecular formula is C8H14FNO2. The van der Waals surface area contributed by atoms with Crippen molar-refractivity contribution in [2.24, 2.45) is 0 Å². The van der Waals surface area contributed by atoms with E-state index in [2.05, 4.69) is 5.32 Å². The first-order chi connectivity index (χ1) is 5.72. The van der Waals surface area contributed by atoms with Crippen molar-refractivity contribution in [1.29, 1.82) is 0 Å². The van der Waals surface area contributed by atoms with Crippen molar-refractivity contribution in [2.45, 2.75) is 32.0 Å². The smallest absolute Gasteiger partial charge is 0.307 e. The molecule has 12 heavy (non-hydrogen) atoms. The molecule has 2 atom stereocenters. The van der Waals surface area contributed by atoms with Crippen LogP contribution in [0.3, 0.4) is 0 Å². The standard InChI is InChI=1S/C8H14FNO2/c1-2-12-8(11)4-7-3-6(9)5-10-7/h6-7,10H,2-5H2,1H3/t6-,7+/m0/s1. The van der Waals surface area contributed by atoms with E-state index >= 15 is 0 Å². The van der Waals surface area contributed by atoms with Gasteiger partial charge in [0, 0.05) is 12.6 Å². The molecule has 1 rings (SSSR count). The molecule has 1 heterocycles. The van der Waals surface area contributed by atoms with Gasteiger partial charge in [0.25, 0.3) is 0 Å². The maximum absolute atomic E-state index is 12.6. The second-order valence-electron chi connectivity index (χ2n) is 2.95. The lowest BCUT2D eigenvalue weighted by Crippen LogP contribution is -2.25. The fraction of sp³-hybridized carbons (Fsp3) is 0.875. The number of alkyl halides is 1. The van der Waals surface area contributed by atoms with Gasteiger partial charge in [-0.15, -0.1) is 0 Å². The van der Waals surface area contributed by atoms with Crippen LogP contribution in [0.5, 0.6) is 0 Å². The van der Waals surface area contributed by atoms with Gasteiger partial charge in [-0.25, -0.2) is 4.39 Å². The van der Waals surface area contributed by atoms with Crippen LogP contribution >= 0.6 is 0 Å². The molecule has 1 fully saturated rings. The van der Waals surface area contributed by atoms with Crippen LogP contribution in [0.1, 0.15) is 19.8 Å². The Morgan fingerprint density at radius 3 is 3.00 bits per heavy atom. The summed E-state index contributed by atoms with van der Waals surface area (Å²) in [4.78, 5) is 10.9. The van der Waals surface area contributed by atoms with E-state index in [4.69, 9.17) is 4.74 Å². The van der Waals surface area contributed by atoms with E-state index in [-0.39, 0.29) is 18.4 Å². The third-order valence-electron chi connectivity index (χ3n) is 1.89. The van der Waals surface area contributed by atoms with Crippen molar-refractivity contribution in [3.8, 4) is 0 Å². The summed E-state index contributed by atoms with van der Waals surface area (Å²) < 4.78 is 17.3. The summed E-state index contributed by atoms with van der Waals surface area (Å²) in [7, 11) is 0. The molecule has 0 bridgehead atoms. The van der Waals surface area contributed by atoms with Crippen molar-refractivity contribution < 1.29 is 13.9 Å². The molecule has 1 N–H and O–H groups in total. The van der Waals surface area contributed by atoms with E-state index in [0.29, 0.717) is 19.6 Å². The number of esters is 1. The highest BCUT2D eigenvalue weighted by Crippen LogP contribution is 2.12. The molecule has 0 aromatic carbocycles. The zero-order valence-corrected chi connectivity index (χ0v) is 7.18. The summed E-state index contributed by atoms with van der Waals surface area (Å²) in [5.41, 5.74) is 0. The first-order valence-electron chi connectivity index (χ1n) is 4.25. The quantitative estimate of drug-likeness (QED) is 0.640. The number of halogens is 1. The molecule has 4 heteroatoms. The molecule has 1 saturated heterocycles. The fourth-order valence-corrected chi connectivity index (χ4v) is 1.35. The monoisotopic (exact) mass is 175 g/mol. The number of hydrogen-bond donors (Lipinski definition) is 1. The second kappa shape index (κ2) is 4.40. The molecule has 0 amide bonds. The minimum Gasteiger partial charge on any atom is -0.466 e. The molecule has 1 aliphatic heterocycles. The van der Waals surface area contributed by atoms with Crippen molar-refractivity contribution in [3.63, 3.8) is 0 Å². The molecule has 0 radical (unpaired) electrons. The second-order valence-corrected chi connectivity index (χ2v) is 2.95. The predicted molar refractivity (Wildman–Crippen MR) is 42.6 cm³/mol. The fourth-order valence-electron chi connectivity index (χ4n) is 1.35. The summed E-state index contributed by atoms with van der Waals surface area (Å²) >= 11 is 0. The molecule has 0 aliphatic carbocycles. The summed E-state index contributed by atoms with van der Waals surface area (Å²) in [6, 6.07) is -0.0287. The molecule has 0 saturated carbocycles. The highest BCUT2D eigenvalue weighted by molar-refractivity contribution is 5.70. The van der Waals surface area contributed by atoms with E-state index in [1.54, 1.807) is 6.92 Å². The average Bonchev–Trinajstić information content (AvgIpc) is 2.36. The number of ether oxygens (including phenoxy) is 1. The number of carbonyl (C=O) groups is 1. The van der Waals surface area contributed by atoms with E-state index in [1.807, 2.05) is 0 Å². The van der Waals surface area contributed by atoms with Crippen LogP contribution in [0.15, 0.2) is 0 Å².